The number of hydrogen-bond donors (Lipinski definition) is 2. The van der Waals surface area contributed by atoms with Gasteiger partial charge in [-0.15, -0.1) is 0 Å². The quantitative estimate of drug-likeness (QED) is 0.363. The number of aromatic nitrogens is 2. The molecule has 8 nitrogen and oxygen atoms in total. The van der Waals surface area contributed by atoms with Gasteiger partial charge in [0.05, 0.1) is 17.1 Å². The minimum atomic E-state index is -0.642. The molecule has 2 aromatic carbocycles. The lowest BCUT2D eigenvalue weighted by atomic mass is 9.96. The predicted octanol–water partition coefficient (Wildman–Crippen LogP) is 5.81. The first-order chi connectivity index (χ1) is 15.7. The zero-order valence-electron chi connectivity index (χ0n) is 18.4. The van der Waals surface area contributed by atoms with Crippen LogP contribution in [0.1, 0.15) is 34.9 Å². The van der Waals surface area contributed by atoms with E-state index < -0.39 is 12.2 Å². The number of carbonyl (C=O) groups is 1. The molecule has 9 heteroatoms. The van der Waals surface area contributed by atoms with E-state index in [1.54, 1.807) is 12.1 Å². The molecule has 4 rings (SSSR count). The summed E-state index contributed by atoms with van der Waals surface area (Å²) < 4.78 is 7.42. The fraction of sp³-hybridized carbons (Fsp3) is 0.250. The molecule has 3 aromatic rings. The standard InChI is InChI=1S/C24H24ClN4O4/c1-14-7-9-19(13-22(14)25)28-16(3)23(15(2)27-28)17-8-10-21(11-17)33-24(30)26-18-5-4-6-20(12-18)29(31)32/h4-10,12-13,17,21,31H,11H2,1-3H3,(H,26,30)/q-1/t17-,21-/m1/s1. The average Bonchev–Trinajstić information content (AvgIpc) is 3.33. The van der Waals surface area contributed by atoms with Crippen molar-refractivity contribution in [2.24, 2.45) is 0 Å². The Morgan fingerprint density at radius 2 is 2.03 bits per heavy atom. The number of nitrogens with zero attached hydrogens (tertiary/aromatic N) is 3. The van der Waals surface area contributed by atoms with Crippen LogP contribution in [0.4, 0.5) is 16.2 Å². The lowest BCUT2D eigenvalue weighted by molar-refractivity contribution is 0.132. The molecule has 1 aliphatic rings. The molecule has 1 aromatic heterocycles. The summed E-state index contributed by atoms with van der Waals surface area (Å²) in [5.74, 6) is 0.0595. The second-order valence-corrected chi connectivity index (χ2v) is 8.46. The zero-order chi connectivity index (χ0) is 23.7. The van der Waals surface area contributed by atoms with E-state index >= 15 is 0 Å². The second-order valence-electron chi connectivity index (χ2n) is 8.05. The number of benzene rings is 2. The highest BCUT2D eigenvalue weighted by Gasteiger charge is 2.28. The number of ether oxygens (including phenoxy) is 1. The molecule has 1 amide bonds. The molecule has 33 heavy (non-hydrogen) atoms. The van der Waals surface area contributed by atoms with Gasteiger partial charge in [0, 0.05) is 27.9 Å². The van der Waals surface area contributed by atoms with Crippen LogP contribution in [0.15, 0.2) is 54.6 Å². The molecule has 2 atom stereocenters. The van der Waals surface area contributed by atoms with Crippen molar-refractivity contribution in [1.82, 2.24) is 9.78 Å². The topological polar surface area (TPSA) is 103 Å². The highest BCUT2D eigenvalue weighted by Crippen LogP contribution is 2.35. The fourth-order valence-corrected chi connectivity index (χ4v) is 4.29. The largest absolute Gasteiger partial charge is 0.733 e. The number of amides is 1. The molecule has 0 unspecified atom stereocenters. The summed E-state index contributed by atoms with van der Waals surface area (Å²) in [5.41, 5.74) is 5.27. The molecule has 1 aliphatic carbocycles. The third-order valence-electron chi connectivity index (χ3n) is 5.73. The summed E-state index contributed by atoms with van der Waals surface area (Å²) in [7, 11) is 0. The van der Waals surface area contributed by atoms with E-state index in [9.17, 15) is 10.0 Å². The molecule has 0 fully saturated rings. The number of halogens is 1. The van der Waals surface area contributed by atoms with Crippen molar-refractivity contribution in [1.29, 1.82) is 0 Å². The highest BCUT2D eigenvalue weighted by atomic mass is 35.5. The van der Waals surface area contributed by atoms with Gasteiger partial charge in [0.1, 0.15) is 6.10 Å². The summed E-state index contributed by atoms with van der Waals surface area (Å²) in [6.45, 7) is 5.95. The summed E-state index contributed by atoms with van der Waals surface area (Å²) in [6.07, 6.45) is 3.45. The Morgan fingerprint density at radius 3 is 2.76 bits per heavy atom. The molecule has 0 saturated carbocycles. The summed E-state index contributed by atoms with van der Waals surface area (Å²) in [4.78, 5) is 12.3. The third-order valence-corrected chi connectivity index (χ3v) is 6.14. The van der Waals surface area contributed by atoms with Gasteiger partial charge >= 0.3 is 6.09 Å². The number of aryl methyl sites for hydroxylation is 2. The second kappa shape index (κ2) is 9.27. The van der Waals surface area contributed by atoms with Crippen LogP contribution in [-0.4, -0.2) is 27.2 Å². The number of rotatable bonds is 5. The molecule has 0 bridgehead atoms. The van der Waals surface area contributed by atoms with Gasteiger partial charge in [-0.3, -0.25) is 10.5 Å². The van der Waals surface area contributed by atoms with Gasteiger partial charge in [-0.1, -0.05) is 29.8 Å². The number of allylic oxidation sites excluding steroid dienone is 1. The molecular formula is C24H24ClN4O4-. The van der Waals surface area contributed by atoms with E-state index in [0.717, 1.165) is 28.2 Å². The molecule has 172 valence electrons. The van der Waals surface area contributed by atoms with Gasteiger partial charge < -0.3 is 15.2 Å². The Morgan fingerprint density at radius 1 is 1.24 bits per heavy atom. The highest BCUT2D eigenvalue weighted by molar-refractivity contribution is 6.31. The summed E-state index contributed by atoms with van der Waals surface area (Å²) in [6, 6.07) is 11.8. The molecule has 1 heterocycles. The summed E-state index contributed by atoms with van der Waals surface area (Å²) in [5, 5.41) is 27.7. The minimum Gasteiger partial charge on any atom is -0.733 e. The number of carbonyl (C=O) groups excluding carboxylic acids is 1. The smallest absolute Gasteiger partial charge is 0.412 e. The Hall–Kier alpha value is -3.33. The van der Waals surface area contributed by atoms with E-state index in [-0.39, 0.29) is 16.8 Å². The lowest BCUT2D eigenvalue weighted by Gasteiger charge is -2.22. The van der Waals surface area contributed by atoms with Crippen LogP contribution >= 0.6 is 11.6 Å². The molecule has 0 aliphatic heterocycles. The van der Waals surface area contributed by atoms with E-state index in [0.29, 0.717) is 17.1 Å². The first-order valence-corrected chi connectivity index (χ1v) is 10.9. The van der Waals surface area contributed by atoms with Crippen molar-refractivity contribution in [3.8, 4) is 5.69 Å². The van der Waals surface area contributed by atoms with Crippen LogP contribution in [0.25, 0.3) is 5.69 Å². The first-order valence-electron chi connectivity index (χ1n) is 10.5. The molecule has 0 radical (unpaired) electrons. The van der Waals surface area contributed by atoms with E-state index in [2.05, 4.69) is 5.32 Å². The maximum absolute atomic E-state index is 12.3. The maximum Gasteiger partial charge on any atom is 0.412 e. The molecule has 2 N–H and O–H groups in total. The normalized spacial score (nSPS) is 17.3. The lowest BCUT2D eigenvalue weighted by Crippen LogP contribution is -2.20. The van der Waals surface area contributed by atoms with Gasteiger partial charge in [0.2, 0.25) is 0 Å². The van der Waals surface area contributed by atoms with Crippen LogP contribution in [-0.2, 0) is 4.74 Å². The average molecular weight is 468 g/mol. The van der Waals surface area contributed by atoms with Crippen molar-refractivity contribution in [2.45, 2.75) is 39.2 Å². The van der Waals surface area contributed by atoms with Crippen LogP contribution in [0.3, 0.4) is 0 Å². The van der Waals surface area contributed by atoms with E-state index in [1.165, 1.54) is 12.1 Å². The van der Waals surface area contributed by atoms with E-state index in [4.69, 9.17) is 26.6 Å². The van der Waals surface area contributed by atoms with Crippen molar-refractivity contribution in [3.63, 3.8) is 0 Å². The van der Waals surface area contributed by atoms with Crippen molar-refractivity contribution >= 4 is 29.1 Å². The molecular weight excluding hydrogens is 444 g/mol. The van der Waals surface area contributed by atoms with Gasteiger partial charge in [-0.05, 0) is 69.2 Å². The zero-order valence-corrected chi connectivity index (χ0v) is 19.2. The maximum atomic E-state index is 12.3. The first kappa shape index (κ1) is 22.8. The van der Waals surface area contributed by atoms with Crippen LogP contribution in [0.5, 0.6) is 0 Å². The van der Waals surface area contributed by atoms with Crippen LogP contribution in [0.2, 0.25) is 5.02 Å². The van der Waals surface area contributed by atoms with E-state index in [1.807, 2.05) is 55.8 Å². The Labute approximate surface area is 196 Å². The van der Waals surface area contributed by atoms with Gasteiger partial charge in [0.15, 0.2) is 0 Å². The van der Waals surface area contributed by atoms with Crippen LogP contribution in [0, 0.1) is 26.0 Å². The Kier molecular flexibility index (Phi) is 6.42. The Balaban J connectivity index is 1.43. The van der Waals surface area contributed by atoms with Gasteiger partial charge in [-0.2, -0.15) is 5.10 Å². The predicted molar refractivity (Wildman–Crippen MR) is 127 cm³/mol. The van der Waals surface area contributed by atoms with Crippen molar-refractivity contribution in [2.75, 3.05) is 10.5 Å². The fourth-order valence-electron chi connectivity index (χ4n) is 4.11. The molecule has 0 spiro atoms. The SMILES string of the molecule is Cc1ccc(-n2nc(C)c([C@@H]3C=C[C@@H](OC(=O)Nc4cccc(N([O-])O)c4)C3)c2C)cc1Cl. The number of anilines is 2. The third kappa shape index (κ3) is 4.88. The minimum absolute atomic E-state index is 0.00597. The van der Waals surface area contributed by atoms with Crippen LogP contribution < -0.4 is 10.5 Å². The monoisotopic (exact) mass is 467 g/mol. The molecule has 0 saturated heterocycles. The van der Waals surface area contributed by atoms with Gasteiger partial charge in [-0.25, -0.2) is 9.48 Å². The number of nitrogens with one attached hydrogen (secondary N) is 1. The number of hydrogen-bond acceptors (Lipinski definition) is 6. The van der Waals surface area contributed by atoms with Crippen molar-refractivity contribution in [3.05, 3.63) is 87.4 Å². The van der Waals surface area contributed by atoms with Gasteiger partial charge in [0.25, 0.3) is 0 Å². The van der Waals surface area contributed by atoms with Crippen molar-refractivity contribution < 1.29 is 14.7 Å². The summed E-state index contributed by atoms with van der Waals surface area (Å²) >= 11 is 6.30. The Bertz CT molecular complexity index is 1220.